The Morgan fingerprint density at radius 1 is 0.571 bits per heavy atom. The van der Waals surface area contributed by atoms with E-state index in [0.29, 0.717) is 12.8 Å². The molecule has 0 heterocycles. The third-order valence-electron chi connectivity index (χ3n) is 8.47. The summed E-state index contributed by atoms with van der Waals surface area (Å²) in [6.07, 6.45) is 42.5. The molecule has 0 bridgehead atoms. The van der Waals surface area contributed by atoms with Gasteiger partial charge < -0.3 is 15.5 Å². The van der Waals surface area contributed by atoms with Gasteiger partial charge in [0.05, 0.1) is 18.8 Å². The van der Waals surface area contributed by atoms with Gasteiger partial charge in [-0.05, 0) is 44.9 Å². The fourth-order valence-electron chi connectivity index (χ4n) is 5.57. The van der Waals surface area contributed by atoms with Gasteiger partial charge in [0.25, 0.3) is 0 Å². The third kappa shape index (κ3) is 30.3. The van der Waals surface area contributed by atoms with Crippen LogP contribution in [0.25, 0.3) is 0 Å². The molecule has 0 rings (SSSR count). The lowest BCUT2D eigenvalue weighted by molar-refractivity contribution is -0.123. The van der Waals surface area contributed by atoms with E-state index in [0.717, 1.165) is 32.1 Å². The van der Waals surface area contributed by atoms with Gasteiger partial charge in [-0.3, -0.25) is 4.79 Å². The summed E-state index contributed by atoms with van der Waals surface area (Å²) < 4.78 is 0. The minimum Gasteiger partial charge on any atom is -0.394 e. The normalized spacial score (nSPS) is 13.3. The van der Waals surface area contributed by atoms with Crippen LogP contribution in [-0.4, -0.2) is 34.9 Å². The number of aliphatic hydroxyl groups is 2. The van der Waals surface area contributed by atoms with Crippen LogP contribution < -0.4 is 5.32 Å². The van der Waals surface area contributed by atoms with Gasteiger partial charge in [-0.15, -0.1) is 0 Å². The van der Waals surface area contributed by atoms with Crippen molar-refractivity contribution in [2.24, 2.45) is 0 Å². The minimum absolute atomic E-state index is 0.0384. The lowest BCUT2D eigenvalue weighted by Crippen LogP contribution is -2.45. The second-order valence-corrected chi connectivity index (χ2v) is 12.6. The summed E-state index contributed by atoms with van der Waals surface area (Å²) in [5.74, 6) is -0.0384. The topological polar surface area (TPSA) is 69.6 Å². The molecular formula is C38H73NO3. The Bertz CT molecular complexity index is 603. The Morgan fingerprint density at radius 2 is 0.976 bits per heavy atom. The number of aliphatic hydroxyl groups excluding tert-OH is 2. The zero-order valence-corrected chi connectivity index (χ0v) is 28.3. The monoisotopic (exact) mass is 592 g/mol. The Morgan fingerprint density at radius 3 is 1.43 bits per heavy atom. The molecule has 4 heteroatoms. The Hall–Kier alpha value is -1.13. The molecule has 0 aliphatic rings. The quantitative estimate of drug-likeness (QED) is 0.0525. The molecule has 0 spiro atoms. The number of carbonyl (C=O) groups excluding carboxylic acids is 1. The molecule has 2 atom stereocenters. The highest BCUT2D eigenvalue weighted by molar-refractivity contribution is 5.76. The predicted molar refractivity (Wildman–Crippen MR) is 184 cm³/mol. The molecule has 0 saturated carbocycles. The first kappa shape index (κ1) is 40.9. The summed E-state index contributed by atoms with van der Waals surface area (Å²) >= 11 is 0. The van der Waals surface area contributed by atoms with Gasteiger partial charge in [-0.25, -0.2) is 0 Å². The molecule has 0 saturated heterocycles. The minimum atomic E-state index is -0.654. The van der Waals surface area contributed by atoms with Gasteiger partial charge in [0.2, 0.25) is 5.91 Å². The zero-order chi connectivity index (χ0) is 30.8. The second-order valence-electron chi connectivity index (χ2n) is 12.6. The first-order valence-electron chi connectivity index (χ1n) is 18.5. The first-order valence-corrected chi connectivity index (χ1v) is 18.5. The van der Waals surface area contributed by atoms with Crippen molar-refractivity contribution >= 4 is 5.91 Å². The fraction of sp³-hybridized carbons (Fsp3) is 0.868. The van der Waals surface area contributed by atoms with Crippen LogP contribution in [0.15, 0.2) is 24.3 Å². The molecular weight excluding hydrogens is 518 g/mol. The number of rotatable bonds is 33. The molecule has 3 N–H and O–H groups in total. The molecule has 248 valence electrons. The van der Waals surface area contributed by atoms with Crippen molar-refractivity contribution in [1.29, 1.82) is 0 Å². The van der Waals surface area contributed by atoms with E-state index in [4.69, 9.17) is 0 Å². The summed E-state index contributed by atoms with van der Waals surface area (Å²) in [5, 5.41) is 22.9. The van der Waals surface area contributed by atoms with Gasteiger partial charge in [0, 0.05) is 6.42 Å². The van der Waals surface area contributed by atoms with Gasteiger partial charge in [0.1, 0.15) is 0 Å². The Labute approximate surface area is 262 Å². The number of hydrogen-bond donors (Lipinski definition) is 3. The van der Waals surface area contributed by atoms with E-state index in [1.165, 1.54) is 135 Å². The molecule has 42 heavy (non-hydrogen) atoms. The number of hydrogen-bond acceptors (Lipinski definition) is 3. The largest absolute Gasteiger partial charge is 0.394 e. The highest BCUT2D eigenvalue weighted by atomic mass is 16.3. The summed E-state index contributed by atoms with van der Waals surface area (Å²) in [6.45, 7) is 4.30. The number of carbonyl (C=O) groups is 1. The van der Waals surface area contributed by atoms with Gasteiger partial charge in [0.15, 0.2) is 0 Å². The molecule has 0 aliphatic carbocycles. The standard InChI is InChI=1S/C38H73NO3/c1-3-5-7-9-11-12-13-14-15-16-17-18-19-20-21-22-23-24-25-26-28-30-32-34-38(42)39-36(35-40)37(41)33-31-29-27-10-8-6-4-2/h13-14,16-17,36-37,40-41H,3-12,15,18-35H2,1-2H3,(H,39,42)/b14-13-,17-16-. The lowest BCUT2D eigenvalue weighted by atomic mass is 10.0. The van der Waals surface area contributed by atoms with E-state index in [2.05, 4.69) is 43.5 Å². The van der Waals surface area contributed by atoms with Crippen molar-refractivity contribution < 1.29 is 15.0 Å². The van der Waals surface area contributed by atoms with Crippen molar-refractivity contribution in [3.05, 3.63) is 24.3 Å². The maximum absolute atomic E-state index is 12.3. The van der Waals surface area contributed by atoms with Crippen LogP contribution >= 0.6 is 0 Å². The number of allylic oxidation sites excluding steroid dienone is 4. The second kappa shape index (κ2) is 34.4. The molecule has 4 nitrogen and oxygen atoms in total. The Balaban J connectivity index is 3.48. The number of amides is 1. The van der Waals surface area contributed by atoms with Crippen molar-refractivity contribution in [3.8, 4) is 0 Å². The lowest BCUT2D eigenvalue weighted by Gasteiger charge is -2.22. The van der Waals surface area contributed by atoms with E-state index in [1.54, 1.807) is 0 Å². The highest BCUT2D eigenvalue weighted by Crippen LogP contribution is 2.14. The third-order valence-corrected chi connectivity index (χ3v) is 8.47. The number of nitrogens with one attached hydrogen (secondary N) is 1. The number of unbranched alkanes of at least 4 members (excludes halogenated alkanes) is 22. The van der Waals surface area contributed by atoms with Crippen LogP contribution in [0.5, 0.6) is 0 Å². The van der Waals surface area contributed by atoms with Crippen molar-refractivity contribution in [1.82, 2.24) is 5.32 Å². The van der Waals surface area contributed by atoms with E-state index in [-0.39, 0.29) is 12.5 Å². The van der Waals surface area contributed by atoms with Crippen LogP contribution in [-0.2, 0) is 4.79 Å². The molecule has 0 aromatic carbocycles. The van der Waals surface area contributed by atoms with Crippen molar-refractivity contribution in [2.75, 3.05) is 6.61 Å². The van der Waals surface area contributed by atoms with E-state index >= 15 is 0 Å². The summed E-state index contributed by atoms with van der Waals surface area (Å²) in [7, 11) is 0. The fourth-order valence-corrected chi connectivity index (χ4v) is 5.57. The molecule has 2 unspecified atom stereocenters. The maximum atomic E-state index is 12.3. The highest BCUT2D eigenvalue weighted by Gasteiger charge is 2.19. The summed E-state index contributed by atoms with van der Waals surface area (Å²) in [5.41, 5.74) is 0. The summed E-state index contributed by atoms with van der Waals surface area (Å²) in [6, 6.07) is -0.531. The SMILES string of the molecule is CCCCCCC/C=C\C/C=C\CCCCCCCCCCCCCC(=O)NC(CO)C(O)CCCCCCCCC. The van der Waals surface area contributed by atoms with E-state index in [9.17, 15) is 15.0 Å². The average Bonchev–Trinajstić information content (AvgIpc) is 2.99. The van der Waals surface area contributed by atoms with Crippen molar-refractivity contribution in [2.45, 2.75) is 206 Å². The van der Waals surface area contributed by atoms with Crippen LogP contribution in [0.4, 0.5) is 0 Å². The van der Waals surface area contributed by atoms with E-state index in [1.807, 2.05) is 0 Å². The molecule has 0 fully saturated rings. The van der Waals surface area contributed by atoms with Crippen LogP contribution in [0.1, 0.15) is 194 Å². The van der Waals surface area contributed by atoms with Crippen LogP contribution in [0.3, 0.4) is 0 Å². The molecule has 0 radical (unpaired) electrons. The van der Waals surface area contributed by atoms with Crippen molar-refractivity contribution in [3.63, 3.8) is 0 Å². The van der Waals surface area contributed by atoms with E-state index < -0.39 is 12.1 Å². The Kier molecular flexibility index (Phi) is 33.4. The predicted octanol–water partition coefficient (Wildman–Crippen LogP) is 10.9. The first-order chi connectivity index (χ1) is 20.7. The maximum Gasteiger partial charge on any atom is 0.220 e. The molecule has 0 aromatic rings. The average molecular weight is 592 g/mol. The summed E-state index contributed by atoms with van der Waals surface area (Å²) in [4.78, 5) is 12.3. The van der Waals surface area contributed by atoms with Crippen LogP contribution in [0, 0.1) is 0 Å². The molecule has 1 amide bonds. The molecule has 0 aromatic heterocycles. The van der Waals surface area contributed by atoms with Gasteiger partial charge >= 0.3 is 0 Å². The smallest absolute Gasteiger partial charge is 0.220 e. The van der Waals surface area contributed by atoms with Gasteiger partial charge in [-0.1, -0.05) is 167 Å². The van der Waals surface area contributed by atoms with Crippen LogP contribution in [0.2, 0.25) is 0 Å². The molecule has 0 aliphatic heterocycles. The van der Waals surface area contributed by atoms with Gasteiger partial charge in [-0.2, -0.15) is 0 Å². The zero-order valence-electron chi connectivity index (χ0n) is 28.3.